The number of rotatable bonds is 7. The number of imidazole rings is 1. The van der Waals surface area contributed by atoms with E-state index in [-0.39, 0.29) is 11.7 Å². The van der Waals surface area contributed by atoms with Crippen LogP contribution in [0.1, 0.15) is 24.6 Å². The average Bonchev–Trinajstić information content (AvgIpc) is 3.12. The van der Waals surface area contributed by atoms with E-state index in [1.165, 1.54) is 10.6 Å². The molecular weight excluding hydrogens is 451 g/mol. The van der Waals surface area contributed by atoms with Crippen LogP contribution in [0.5, 0.6) is 0 Å². The molecule has 1 aliphatic rings. The van der Waals surface area contributed by atoms with Crippen LogP contribution in [0.25, 0.3) is 33.2 Å². The third kappa shape index (κ3) is 4.56. The smallest absolute Gasteiger partial charge is 0.330 e. The van der Waals surface area contributed by atoms with Crippen molar-refractivity contribution in [3.63, 3.8) is 0 Å². The second kappa shape index (κ2) is 9.80. The molecule has 0 N–H and O–H groups in total. The minimum absolute atomic E-state index is 0.00528. The molecule has 10 heteroatoms. The molecule has 0 unspecified atom stereocenters. The average molecular weight is 481 g/mol. The van der Waals surface area contributed by atoms with Crippen LogP contribution in [0.4, 0.5) is 4.39 Å². The summed E-state index contributed by atoms with van der Waals surface area (Å²) in [6, 6.07) is 6.80. The summed E-state index contributed by atoms with van der Waals surface area (Å²) in [4.78, 5) is 19.7. The van der Waals surface area contributed by atoms with Crippen molar-refractivity contribution in [2.24, 2.45) is 7.05 Å². The van der Waals surface area contributed by atoms with Crippen LogP contribution in [0, 0.1) is 5.82 Å². The number of benzene rings is 1. The Labute approximate surface area is 202 Å². The third-order valence-electron chi connectivity index (χ3n) is 6.48. The Morgan fingerprint density at radius 2 is 2.00 bits per heavy atom. The highest BCUT2D eigenvalue weighted by atomic mass is 19.1. The number of likely N-dealkylation sites (N-methyl/N-ethyl adjacent to an activating group) is 1. The Hall–Kier alpha value is -3.21. The van der Waals surface area contributed by atoms with Crippen LogP contribution < -0.4 is 5.69 Å². The maximum absolute atomic E-state index is 15.2. The van der Waals surface area contributed by atoms with Crippen molar-refractivity contribution in [2.45, 2.75) is 25.5 Å². The maximum atomic E-state index is 15.2. The van der Waals surface area contributed by atoms with E-state index in [2.05, 4.69) is 20.1 Å². The van der Waals surface area contributed by atoms with Gasteiger partial charge >= 0.3 is 5.69 Å². The van der Waals surface area contributed by atoms with Crippen LogP contribution in [0.3, 0.4) is 0 Å². The standard InChI is InChI=1S/C25H29FN6O3/c1-30(2)8-11-35-15-17-5-4-16(14-27-17)19-12-20-22(13-21(19)26)28-29-24-23(20)32(25(33)31(24)3)18-6-9-34-10-7-18/h4-5,12-14,18H,6-11,15H2,1-3H3. The number of aromatic nitrogens is 5. The fourth-order valence-electron chi connectivity index (χ4n) is 4.51. The summed E-state index contributed by atoms with van der Waals surface area (Å²) in [5.74, 6) is -0.418. The van der Waals surface area contributed by atoms with Gasteiger partial charge in [0.15, 0.2) is 5.65 Å². The summed E-state index contributed by atoms with van der Waals surface area (Å²) in [5, 5.41) is 9.15. The van der Waals surface area contributed by atoms with Crippen molar-refractivity contribution in [1.29, 1.82) is 0 Å². The number of fused-ring (bicyclic) bond motifs is 3. The van der Waals surface area contributed by atoms with Gasteiger partial charge in [0.05, 0.1) is 24.4 Å². The van der Waals surface area contributed by atoms with E-state index in [1.807, 2.05) is 26.2 Å². The molecule has 184 valence electrons. The fraction of sp³-hybridized carbons (Fsp3) is 0.440. The molecule has 1 fully saturated rings. The molecule has 0 spiro atoms. The number of nitrogens with zero attached hydrogens (tertiary/aromatic N) is 6. The minimum atomic E-state index is -0.418. The highest BCUT2D eigenvalue weighted by Crippen LogP contribution is 2.32. The summed E-state index contributed by atoms with van der Waals surface area (Å²) in [6.07, 6.45) is 3.12. The predicted molar refractivity (Wildman–Crippen MR) is 131 cm³/mol. The number of pyridine rings is 1. The van der Waals surface area contributed by atoms with Crippen molar-refractivity contribution in [2.75, 3.05) is 40.5 Å². The number of hydrogen-bond acceptors (Lipinski definition) is 7. The molecule has 3 aromatic heterocycles. The van der Waals surface area contributed by atoms with Crippen LogP contribution in [-0.2, 0) is 23.1 Å². The third-order valence-corrected chi connectivity index (χ3v) is 6.48. The SMILES string of the molecule is CN(C)CCOCc1ccc(-c2cc3c(cc2F)nnc2c3n(C3CCOCC3)c(=O)n2C)cn1. The van der Waals surface area contributed by atoms with Crippen molar-refractivity contribution in [1.82, 2.24) is 29.2 Å². The van der Waals surface area contributed by atoms with Crippen molar-refractivity contribution in [3.05, 3.63) is 52.5 Å². The molecule has 0 radical (unpaired) electrons. The summed E-state index contributed by atoms with van der Waals surface area (Å²) < 4.78 is 29.6. The van der Waals surface area contributed by atoms with Crippen molar-refractivity contribution in [3.8, 4) is 11.1 Å². The summed E-state index contributed by atoms with van der Waals surface area (Å²) in [5.41, 5.74) is 3.23. The Morgan fingerprint density at radius 1 is 1.20 bits per heavy atom. The molecule has 9 nitrogen and oxygen atoms in total. The van der Waals surface area contributed by atoms with Gasteiger partial charge in [-0.15, -0.1) is 10.2 Å². The topological polar surface area (TPSA) is 87.3 Å². The zero-order valence-corrected chi connectivity index (χ0v) is 20.2. The Morgan fingerprint density at radius 3 is 2.71 bits per heavy atom. The van der Waals surface area contributed by atoms with Crippen LogP contribution >= 0.6 is 0 Å². The number of aryl methyl sites for hydroxylation is 1. The molecule has 35 heavy (non-hydrogen) atoms. The van der Waals surface area contributed by atoms with Gasteiger partial charge in [0.2, 0.25) is 0 Å². The first kappa shape index (κ1) is 23.5. The van der Waals surface area contributed by atoms with E-state index in [0.29, 0.717) is 59.6 Å². The van der Waals surface area contributed by atoms with E-state index in [9.17, 15) is 4.79 Å². The molecule has 0 saturated carbocycles. The van der Waals surface area contributed by atoms with Gasteiger partial charge in [-0.2, -0.15) is 0 Å². The van der Waals surface area contributed by atoms with Gasteiger partial charge < -0.3 is 14.4 Å². The van der Waals surface area contributed by atoms with Gasteiger partial charge in [-0.1, -0.05) is 6.07 Å². The molecule has 0 aliphatic carbocycles. The predicted octanol–water partition coefficient (Wildman–Crippen LogP) is 2.91. The van der Waals surface area contributed by atoms with Crippen LogP contribution in [0.2, 0.25) is 0 Å². The lowest BCUT2D eigenvalue weighted by Gasteiger charge is -2.23. The molecule has 5 rings (SSSR count). The maximum Gasteiger partial charge on any atom is 0.330 e. The van der Waals surface area contributed by atoms with E-state index < -0.39 is 5.82 Å². The molecule has 1 aliphatic heterocycles. The van der Waals surface area contributed by atoms with Gasteiger partial charge in [0.1, 0.15) is 11.3 Å². The Kier molecular flexibility index (Phi) is 6.59. The fourth-order valence-corrected chi connectivity index (χ4v) is 4.51. The van der Waals surface area contributed by atoms with Gasteiger partial charge in [-0.25, -0.2) is 9.18 Å². The summed E-state index contributed by atoms with van der Waals surface area (Å²) in [7, 11) is 5.67. The van der Waals surface area contributed by atoms with E-state index in [1.54, 1.807) is 23.9 Å². The molecular formula is C25H29FN6O3. The zero-order chi connectivity index (χ0) is 24.5. The normalized spacial score (nSPS) is 15.0. The summed E-state index contributed by atoms with van der Waals surface area (Å²) in [6.45, 7) is 3.03. The van der Waals surface area contributed by atoms with E-state index in [0.717, 1.165) is 25.1 Å². The highest BCUT2D eigenvalue weighted by molar-refractivity contribution is 6.02. The van der Waals surface area contributed by atoms with Crippen molar-refractivity contribution >= 4 is 22.1 Å². The highest BCUT2D eigenvalue weighted by Gasteiger charge is 2.25. The lowest BCUT2D eigenvalue weighted by Crippen LogP contribution is -2.29. The molecule has 1 saturated heterocycles. The lowest BCUT2D eigenvalue weighted by molar-refractivity contribution is 0.0697. The number of hydrogen-bond donors (Lipinski definition) is 0. The van der Waals surface area contributed by atoms with Gasteiger partial charge in [0, 0.05) is 61.6 Å². The molecule has 4 aromatic rings. The second-order valence-corrected chi connectivity index (χ2v) is 9.17. The zero-order valence-electron chi connectivity index (χ0n) is 20.2. The number of halogens is 1. The molecule has 1 aromatic carbocycles. The van der Waals surface area contributed by atoms with E-state index >= 15 is 4.39 Å². The molecule has 0 amide bonds. The van der Waals surface area contributed by atoms with Gasteiger partial charge in [0.25, 0.3) is 0 Å². The monoisotopic (exact) mass is 480 g/mol. The van der Waals surface area contributed by atoms with E-state index in [4.69, 9.17) is 9.47 Å². The van der Waals surface area contributed by atoms with Crippen LogP contribution in [-0.4, -0.2) is 69.7 Å². The number of ether oxygens (including phenoxy) is 2. The first-order valence-electron chi connectivity index (χ1n) is 11.8. The first-order valence-corrected chi connectivity index (χ1v) is 11.8. The quantitative estimate of drug-likeness (QED) is 0.376. The largest absolute Gasteiger partial charge is 0.381 e. The summed E-state index contributed by atoms with van der Waals surface area (Å²) >= 11 is 0. The van der Waals surface area contributed by atoms with Gasteiger partial charge in [-0.05, 0) is 39.1 Å². The molecule has 4 heterocycles. The molecule has 0 atom stereocenters. The Bertz CT molecular complexity index is 1410. The Balaban J connectivity index is 1.55. The molecule has 0 bridgehead atoms. The second-order valence-electron chi connectivity index (χ2n) is 9.17. The lowest BCUT2D eigenvalue weighted by atomic mass is 10.0. The van der Waals surface area contributed by atoms with Crippen molar-refractivity contribution < 1.29 is 13.9 Å². The van der Waals surface area contributed by atoms with Gasteiger partial charge in [-0.3, -0.25) is 14.1 Å². The minimum Gasteiger partial charge on any atom is -0.381 e. The first-order chi connectivity index (χ1) is 16.9. The van der Waals surface area contributed by atoms with Crippen LogP contribution in [0.15, 0.2) is 35.3 Å².